The van der Waals surface area contributed by atoms with Crippen molar-refractivity contribution in [3.05, 3.63) is 18.3 Å². The largest absolute Gasteiger partial charge is 0.355 e. The van der Waals surface area contributed by atoms with E-state index in [1.165, 1.54) is 5.01 Å². The number of rotatable bonds is 3. The zero-order chi connectivity index (χ0) is 15.5. The van der Waals surface area contributed by atoms with Gasteiger partial charge in [0.2, 0.25) is 5.91 Å². The van der Waals surface area contributed by atoms with Gasteiger partial charge < -0.3 is 10.2 Å². The van der Waals surface area contributed by atoms with E-state index >= 15 is 0 Å². The Kier molecular flexibility index (Phi) is 4.04. The lowest BCUT2D eigenvalue weighted by atomic mass is 10.1. The molecule has 0 unspecified atom stereocenters. The van der Waals surface area contributed by atoms with Gasteiger partial charge in [-0.05, 0) is 25.0 Å². The van der Waals surface area contributed by atoms with Gasteiger partial charge in [0.1, 0.15) is 5.71 Å². The molecule has 0 spiro atoms. The fourth-order valence-corrected chi connectivity index (χ4v) is 2.70. The Morgan fingerprint density at radius 1 is 1.27 bits per heavy atom. The van der Waals surface area contributed by atoms with Crippen LogP contribution in [0.4, 0.5) is 11.5 Å². The molecule has 22 heavy (non-hydrogen) atoms. The second kappa shape index (κ2) is 6.13. The number of nitrogens with zero attached hydrogens (tertiary/aromatic N) is 4. The summed E-state index contributed by atoms with van der Waals surface area (Å²) in [6.45, 7) is 1.91. The van der Waals surface area contributed by atoms with Crippen LogP contribution >= 0.6 is 0 Å². The Bertz CT molecular complexity index is 622. The molecule has 7 nitrogen and oxygen atoms in total. The van der Waals surface area contributed by atoms with Crippen LogP contribution in [0, 0.1) is 0 Å². The van der Waals surface area contributed by atoms with Crippen molar-refractivity contribution in [1.29, 1.82) is 0 Å². The van der Waals surface area contributed by atoms with Crippen LogP contribution in [0.25, 0.3) is 0 Å². The highest BCUT2D eigenvalue weighted by atomic mass is 16.2. The molecule has 2 aliphatic heterocycles. The van der Waals surface area contributed by atoms with E-state index in [4.69, 9.17) is 0 Å². The Morgan fingerprint density at radius 3 is 2.77 bits per heavy atom. The molecule has 2 amide bonds. The third-order valence-corrected chi connectivity index (χ3v) is 3.91. The van der Waals surface area contributed by atoms with Gasteiger partial charge in [-0.1, -0.05) is 0 Å². The maximum absolute atomic E-state index is 12.4. The summed E-state index contributed by atoms with van der Waals surface area (Å²) in [6.07, 6.45) is 4.70. The van der Waals surface area contributed by atoms with Crippen LogP contribution in [0.3, 0.4) is 0 Å². The topological polar surface area (TPSA) is 77.9 Å². The SMILES string of the molecule is CN1N=C(C(=O)Nc2cccnc2N2CCCC2)CCC1=O. The highest BCUT2D eigenvalue weighted by Gasteiger charge is 2.24. The van der Waals surface area contributed by atoms with E-state index in [9.17, 15) is 9.59 Å². The van der Waals surface area contributed by atoms with E-state index in [0.717, 1.165) is 31.7 Å². The van der Waals surface area contributed by atoms with Gasteiger partial charge >= 0.3 is 0 Å². The molecule has 2 aliphatic rings. The first kappa shape index (κ1) is 14.5. The second-order valence-corrected chi connectivity index (χ2v) is 5.49. The molecule has 0 aromatic carbocycles. The van der Waals surface area contributed by atoms with E-state index in [0.29, 0.717) is 24.2 Å². The molecular formula is C15H19N5O2. The molecule has 7 heteroatoms. The first-order valence-corrected chi connectivity index (χ1v) is 7.50. The molecule has 1 fully saturated rings. The summed E-state index contributed by atoms with van der Waals surface area (Å²) in [5.41, 5.74) is 1.06. The Balaban J connectivity index is 1.77. The van der Waals surface area contributed by atoms with Crippen molar-refractivity contribution in [2.24, 2.45) is 5.10 Å². The average Bonchev–Trinajstić information content (AvgIpc) is 3.04. The van der Waals surface area contributed by atoms with Crippen molar-refractivity contribution >= 4 is 29.0 Å². The average molecular weight is 301 g/mol. The van der Waals surface area contributed by atoms with Crippen molar-refractivity contribution in [1.82, 2.24) is 9.99 Å². The van der Waals surface area contributed by atoms with Crippen LogP contribution in [-0.2, 0) is 9.59 Å². The van der Waals surface area contributed by atoms with Crippen LogP contribution in [0.5, 0.6) is 0 Å². The van der Waals surface area contributed by atoms with Gasteiger partial charge in [-0.25, -0.2) is 9.99 Å². The first-order chi connectivity index (χ1) is 10.6. The highest BCUT2D eigenvalue weighted by molar-refractivity contribution is 6.43. The summed E-state index contributed by atoms with van der Waals surface area (Å²) < 4.78 is 0. The van der Waals surface area contributed by atoms with Crippen molar-refractivity contribution < 1.29 is 9.59 Å². The van der Waals surface area contributed by atoms with Crippen molar-refractivity contribution in [3.8, 4) is 0 Å². The third-order valence-electron chi connectivity index (χ3n) is 3.91. The van der Waals surface area contributed by atoms with Crippen LogP contribution in [0.2, 0.25) is 0 Å². The van der Waals surface area contributed by atoms with Crippen molar-refractivity contribution in [3.63, 3.8) is 0 Å². The molecule has 1 aromatic rings. The number of hydrazone groups is 1. The molecule has 0 atom stereocenters. The Labute approximate surface area is 129 Å². The molecule has 1 N–H and O–H groups in total. The Hall–Kier alpha value is -2.44. The van der Waals surface area contributed by atoms with Gasteiger partial charge in [-0.2, -0.15) is 5.10 Å². The van der Waals surface area contributed by atoms with E-state index in [1.807, 2.05) is 6.07 Å². The van der Waals surface area contributed by atoms with Gasteiger partial charge in [-0.3, -0.25) is 9.59 Å². The molecule has 1 aromatic heterocycles. The predicted molar refractivity (Wildman–Crippen MR) is 83.8 cm³/mol. The van der Waals surface area contributed by atoms with Crippen molar-refractivity contribution in [2.75, 3.05) is 30.4 Å². The summed E-state index contributed by atoms with van der Waals surface area (Å²) in [5.74, 6) is 0.456. The maximum atomic E-state index is 12.4. The minimum Gasteiger partial charge on any atom is -0.355 e. The molecular weight excluding hydrogens is 282 g/mol. The zero-order valence-electron chi connectivity index (χ0n) is 12.6. The van der Waals surface area contributed by atoms with E-state index in [-0.39, 0.29) is 11.8 Å². The van der Waals surface area contributed by atoms with Crippen molar-refractivity contribution in [2.45, 2.75) is 25.7 Å². The summed E-state index contributed by atoms with van der Waals surface area (Å²) in [7, 11) is 1.56. The Morgan fingerprint density at radius 2 is 2.05 bits per heavy atom. The number of hydrogen-bond acceptors (Lipinski definition) is 5. The van der Waals surface area contributed by atoms with Gasteiger partial charge in [0.15, 0.2) is 5.82 Å². The molecule has 116 valence electrons. The number of carbonyl (C=O) groups is 2. The number of anilines is 2. The summed E-state index contributed by atoms with van der Waals surface area (Å²) >= 11 is 0. The van der Waals surface area contributed by atoms with Crippen LogP contribution in [0.15, 0.2) is 23.4 Å². The van der Waals surface area contributed by atoms with Crippen LogP contribution < -0.4 is 10.2 Å². The molecule has 3 heterocycles. The maximum Gasteiger partial charge on any atom is 0.271 e. The number of nitrogens with one attached hydrogen (secondary N) is 1. The van der Waals surface area contributed by atoms with E-state index < -0.39 is 0 Å². The lowest BCUT2D eigenvalue weighted by Gasteiger charge is -2.21. The standard InChI is InChI=1S/C15H19N5O2/c1-19-13(21)7-6-12(18-19)15(22)17-11-5-4-8-16-14(11)20-9-2-3-10-20/h4-5,8H,2-3,6-7,9-10H2,1H3,(H,17,22). The predicted octanol–water partition coefficient (Wildman–Crippen LogP) is 1.23. The van der Waals surface area contributed by atoms with Gasteiger partial charge in [0.25, 0.3) is 5.91 Å². The molecule has 0 radical (unpaired) electrons. The second-order valence-electron chi connectivity index (χ2n) is 5.49. The molecule has 3 rings (SSSR count). The normalized spacial score (nSPS) is 18.4. The van der Waals surface area contributed by atoms with Gasteiger partial charge in [0.05, 0.1) is 5.69 Å². The van der Waals surface area contributed by atoms with E-state index in [2.05, 4.69) is 20.3 Å². The van der Waals surface area contributed by atoms with Crippen LogP contribution in [0.1, 0.15) is 25.7 Å². The highest BCUT2D eigenvalue weighted by Crippen LogP contribution is 2.26. The van der Waals surface area contributed by atoms with Gasteiger partial charge in [0, 0.05) is 39.2 Å². The first-order valence-electron chi connectivity index (χ1n) is 7.50. The number of carbonyl (C=O) groups excluding carboxylic acids is 2. The van der Waals surface area contributed by atoms with E-state index in [1.54, 1.807) is 19.3 Å². The minimum atomic E-state index is -0.271. The summed E-state index contributed by atoms with van der Waals surface area (Å²) in [4.78, 5) is 30.3. The lowest BCUT2D eigenvalue weighted by molar-refractivity contribution is -0.130. The fraction of sp³-hybridized carbons (Fsp3) is 0.467. The third kappa shape index (κ3) is 2.93. The monoisotopic (exact) mass is 301 g/mol. The summed E-state index contributed by atoms with van der Waals surface area (Å²) in [6, 6.07) is 3.64. The molecule has 0 bridgehead atoms. The van der Waals surface area contributed by atoms with Crippen LogP contribution in [-0.4, -0.2) is 47.7 Å². The smallest absolute Gasteiger partial charge is 0.271 e. The fourth-order valence-electron chi connectivity index (χ4n) is 2.70. The minimum absolute atomic E-state index is 0.0734. The number of amides is 2. The number of hydrogen-bond donors (Lipinski definition) is 1. The quantitative estimate of drug-likeness (QED) is 0.911. The number of aromatic nitrogens is 1. The lowest BCUT2D eigenvalue weighted by Crippen LogP contribution is -2.34. The van der Waals surface area contributed by atoms with Gasteiger partial charge in [-0.15, -0.1) is 0 Å². The molecule has 1 saturated heterocycles. The summed E-state index contributed by atoms with van der Waals surface area (Å²) in [5, 5.41) is 8.15. The zero-order valence-corrected chi connectivity index (χ0v) is 12.6. The molecule has 0 aliphatic carbocycles. The number of pyridine rings is 1. The molecule has 0 saturated carbocycles.